The number of fused-ring (bicyclic) bond motifs is 1. The van der Waals surface area contributed by atoms with Gasteiger partial charge in [-0.25, -0.2) is 0 Å². The van der Waals surface area contributed by atoms with Crippen LogP contribution in [0.1, 0.15) is 24.0 Å². The van der Waals surface area contributed by atoms with Gasteiger partial charge < -0.3 is 20.7 Å². The summed E-state index contributed by atoms with van der Waals surface area (Å²) in [5.74, 6) is -0.547. The molecule has 4 aromatic rings. The van der Waals surface area contributed by atoms with Gasteiger partial charge in [-0.05, 0) is 65.9 Å². The lowest BCUT2D eigenvalue weighted by Gasteiger charge is -2.12. The summed E-state index contributed by atoms with van der Waals surface area (Å²) >= 11 is 5.86. The fourth-order valence-corrected chi connectivity index (χ4v) is 4.32. The van der Waals surface area contributed by atoms with Gasteiger partial charge in [0.2, 0.25) is 5.91 Å². The van der Waals surface area contributed by atoms with Crippen molar-refractivity contribution < 1.29 is 22.7 Å². The molecule has 0 aliphatic carbocycles. The number of hydrogen-bond acceptors (Lipinski definition) is 6. The van der Waals surface area contributed by atoms with E-state index in [2.05, 4.69) is 48.0 Å². The third kappa shape index (κ3) is 8.08. The second-order valence-corrected chi connectivity index (χ2v) is 9.32. The highest BCUT2D eigenvalue weighted by Crippen LogP contribution is 2.32. The highest BCUT2D eigenvalue weighted by Gasteiger charge is 2.32. The number of ether oxygens (including phenoxy) is 1. The number of halogens is 4. The van der Waals surface area contributed by atoms with Gasteiger partial charge >= 0.3 is 6.36 Å². The Morgan fingerprint density at radius 1 is 1.10 bits per heavy atom. The zero-order valence-corrected chi connectivity index (χ0v) is 21.9. The molecule has 206 valence electrons. The van der Waals surface area contributed by atoms with Gasteiger partial charge in [-0.2, -0.15) is 5.10 Å². The van der Waals surface area contributed by atoms with Crippen LogP contribution in [0.4, 0.5) is 18.9 Å². The average Bonchev–Trinajstić information content (AvgIpc) is 3.36. The lowest BCUT2D eigenvalue weighted by molar-refractivity contribution is -0.274. The number of nitrogens with one attached hydrogen (secondary N) is 4. The molecule has 0 saturated heterocycles. The Morgan fingerprint density at radius 2 is 1.95 bits per heavy atom. The summed E-state index contributed by atoms with van der Waals surface area (Å²) in [5, 5.41) is 17.5. The number of carbonyl (C=O) groups excluding carboxylic acids is 1. The van der Waals surface area contributed by atoms with Gasteiger partial charge in [-0.1, -0.05) is 17.7 Å². The van der Waals surface area contributed by atoms with Crippen LogP contribution in [0.25, 0.3) is 22.0 Å². The Hall–Kier alpha value is -3.83. The number of hydrogen-bond donors (Lipinski definition) is 4. The van der Waals surface area contributed by atoms with E-state index in [1.54, 1.807) is 12.4 Å². The number of pyridine rings is 1. The molecule has 0 bridgehead atoms. The van der Waals surface area contributed by atoms with Crippen molar-refractivity contribution in [1.29, 1.82) is 0 Å². The Morgan fingerprint density at radius 3 is 2.72 bits per heavy atom. The Bertz CT molecular complexity index is 1430. The third-order valence-electron chi connectivity index (χ3n) is 5.96. The molecule has 4 N–H and O–H groups in total. The molecule has 0 fully saturated rings. The summed E-state index contributed by atoms with van der Waals surface area (Å²) in [5.41, 5.74) is 5.80. The van der Waals surface area contributed by atoms with Crippen molar-refractivity contribution >= 4 is 34.1 Å². The van der Waals surface area contributed by atoms with Crippen LogP contribution in [-0.4, -0.2) is 47.1 Å². The number of rotatable bonds is 12. The van der Waals surface area contributed by atoms with Crippen LogP contribution in [0.15, 0.2) is 55.0 Å². The summed E-state index contributed by atoms with van der Waals surface area (Å²) in [7, 11) is 0. The summed E-state index contributed by atoms with van der Waals surface area (Å²) in [4.78, 5) is 16.3. The number of alkyl halides is 3. The summed E-state index contributed by atoms with van der Waals surface area (Å²) < 4.78 is 40.9. The van der Waals surface area contributed by atoms with Gasteiger partial charge in [0, 0.05) is 56.1 Å². The molecular formula is C27H28ClF3N6O2. The molecule has 1 amide bonds. The Kier molecular flexibility index (Phi) is 9.26. The minimum atomic E-state index is -4.80. The minimum absolute atomic E-state index is 0.0955. The lowest BCUT2D eigenvalue weighted by atomic mass is 10.0. The van der Waals surface area contributed by atoms with E-state index in [-0.39, 0.29) is 17.4 Å². The van der Waals surface area contributed by atoms with Crippen LogP contribution in [0.5, 0.6) is 5.75 Å². The number of anilines is 1. The first kappa shape index (κ1) is 28.2. The zero-order valence-electron chi connectivity index (χ0n) is 21.2. The monoisotopic (exact) mass is 560 g/mol. The highest BCUT2D eigenvalue weighted by molar-refractivity contribution is 6.32. The maximum absolute atomic E-state index is 12.3. The maximum Gasteiger partial charge on any atom is 0.573 e. The first-order chi connectivity index (χ1) is 18.7. The number of aromatic amines is 1. The van der Waals surface area contributed by atoms with E-state index < -0.39 is 12.1 Å². The number of aryl methyl sites for hydroxylation is 1. The SMILES string of the molecule is Cc1cnccc1-c1cc(NCCCNC(=O)CCNCc2ccc(OC(F)(F)F)c(Cl)c2)c2cn[nH]c2c1. The van der Waals surface area contributed by atoms with E-state index in [4.69, 9.17) is 11.6 Å². The quantitative estimate of drug-likeness (QED) is 0.169. The topological polar surface area (TPSA) is 104 Å². The molecule has 12 heteroatoms. The van der Waals surface area contributed by atoms with Crippen LogP contribution in [-0.2, 0) is 11.3 Å². The molecule has 0 aliphatic heterocycles. The molecule has 8 nitrogen and oxygen atoms in total. The summed E-state index contributed by atoms with van der Waals surface area (Å²) in [6.07, 6.45) is 1.58. The fourth-order valence-electron chi connectivity index (χ4n) is 4.07. The number of nitrogens with zero attached hydrogens (tertiary/aromatic N) is 2. The Balaban J connectivity index is 1.17. The third-order valence-corrected chi connectivity index (χ3v) is 6.26. The van der Waals surface area contributed by atoms with E-state index in [1.165, 1.54) is 18.2 Å². The largest absolute Gasteiger partial charge is 0.573 e. The van der Waals surface area contributed by atoms with Crippen molar-refractivity contribution in [2.24, 2.45) is 0 Å². The number of carbonyl (C=O) groups is 1. The van der Waals surface area contributed by atoms with Crippen molar-refractivity contribution in [3.8, 4) is 16.9 Å². The van der Waals surface area contributed by atoms with Gasteiger partial charge in [0.05, 0.1) is 16.7 Å². The molecule has 0 atom stereocenters. The molecule has 4 rings (SSSR count). The van der Waals surface area contributed by atoms with Crippen molar-refractivity contribution in [2.45, 2.75) is 32.7 Å². The highest BCUT2D eigenvalue weighted by atomic mass is 35.5. The van der Waals surface area contributed by atoms with Gasteiger partial charge in [0.15, 0.2) is 0 Å². The smallest absolute Gasteiger partial charge is 0.404 e. The van der Waals surface area contributed by atoms with Gasteiger partial charge in [0.1, 0.15) is 5.75 Å². The first-order valence-electron chi connectivity index (χ1n) is 12.3. The van der Waals surface area contributed by atoms with Crippen molar-refractivity contribution in [3.05, 3.63) is 71.1 Å². The molecule has 0 spiro atoms. The normalized spacial score (nSPS) is 11.5. The van der Waals surface area contributed by atoms with Crippen LogP contribution in [0.3, 0.4) is 0 Å². The number of benzene rings is 2. The molecular weight excluding hydrogens is 533 g/mol. The maximum atomic E-state index is 12.3. The van der Waals surface area contributed by atoms with Crippen molar-refractivity contribution in [1.82, 2.24) is 25.8 Å². The predicted octanol–water partition coefficient (Wildman–Crippen LogP) is 5.58. The molecule has 0 aliphatic rings. The minimum Gasteiger partial charge on any atom is -0.404 e. The molecule has 2 aromatic carbocycles. The van der Waals surface area contributed by atoms with E-state index in [9.17, 15) is 18.0 Å². The van der Waals surface area contributed by atoms with Crippen molar-refractivity contribution in [2.75, 3.05) is 25.0 Å². The number of amides is 1. The zero-order chi connectivity index (χ0) is 27.8. The van der Waals surface area contributed by atoms with E-state index in [0.717, 1.165) is 39.7 Å². The molecule has 39 heavy (non-hydrogen) atoms. The van der Waals surface area contributed by atoms with Crippen LogP contribution < -0.4 is 20.7 Å². The summed E-state index contributed by atoms with van der Waals surface area (Å²) in [6.45, 7) is 3.95. The van der Waals surface area contributed by atoms with E-state index >= 15 is 0 Å². The summed E-state index contributed by atoms with van der Waals surface area (Å²) in [6, 6.07) is 10.2. The number of aromatic nitrogens is 3. The molecule has 0 radical (unpaired) electrons. The second kappa shape index (κ2) is 12.8. The molecule has 0 saturated carbocycles. The standard InChI is InChI=1S/C27H28ClF3N6O2/c1-17-14-32-9-5-20(17)19-12-23(21-16-36-37-24(21)13-19)34-7-2-8-35-26(38)6-10-33-15-18-3-4-25(22(28)11-18)39-27(29,30)31/h3-5,9,11-14,16,33-34H,2,6-8,10,15H2,1H3,(H,35,38)(H,36,37). The van der Waals surface area contributed by atoms with Gasteiger partial charge in [-0.15, -0.1) is 13.2 Å². The Labute approximate surface area is 228 Å². The second-order valence-electron chi connectivity index (χ2n) is 8.92. The van der Waals surface area contributed by atoms with Gasteiger partial charge in [-0.3, -0.25) is 14.9 Å². The molecule has 2 aromatic heterocycles. The van der Waals surface area contributed by atoms with E-state index in [1.807, 2.05) is 19.2 Å². The van der Waals surface area contributed by atoms with Crippen LogP contribution in [0.2, 0.25) is 5.02 Å². The predicted molar refractivity (Wildman–Crippen MR) is 145 cm³/mol. The molecule has 0 unspecified atom stereocenters. The number of H-pyrrole nitrogens is 1. The van der Waals surface area contributed by atoms with Crippen LogP contribution >= 0.6 is 11.6 Å². The van der Waals surface area contributed by atoms with Gasteiger partial charge in [0.25, 0.3) is 0 Å². The molecule has 2 heterocycles. The van der Waals surface area contributed by atoms with Crippen molar-refractivity contribution in [3.63, 3.8) is 0 Å². The van der Waals surface area contributed by atoms with E-state index in [0.29, 0.717) is 31.7 Å². The first-order valence-corrected chi connectivity index (χ1v) is 12.7. The lowest BCUT2D eigenvalue weighted by Crippen LogP contribution is -2.29. The fraction of sp³-hybridized carbons (Fsp3) is 0.296. The van der Waals surface area contributed by atoms with Crippen LogP contribution in [0, 0.1) is 6.92 Å². The average molecular weight is 561 g/mol.